The van der Waals surface area contributed by atoms with Gasteiger partial charge in [0, 0.05) is 11.6 Å². The first-order valence-electron chi connectivity index (χ1n) is 6.86. The molecule has 4 nitrogen and oxygen atoms in total. The monoisotopic (exact) mass is 351 g/mol. The van der Waals surface area contributed by atoms with E-state index in [2.05, 4.69) is 4.74 Å². The standard InChI is InChI=1S/C17H15Cl2NO3/c1-23-16(21)11-20(10-12-5-3-2-4-6-12)17(22)14-9-13(18)7-8-15(14)19/h2-9H,10-11H2,1H3. The van der Waals surface area contributed by atoms with E-state index in [9.17, 15) is 9.59 Å². The normalized spacial score (nSPS) is 10.2. The predicted molar refractivity (Wildman–Crippen MR) is 89.7 cm³/mol. The molecule has 0 aliphatic heterocycles. The quantitative estimate of drug-likeness (QED) is 0.769. The lowest BCUT2D eigenvalue weighted by atomic mass is 10.1. The molecule has 0 fully saturated rings. The van der Waals surface area contributed by atoms with Gasteiger partial charge in [0.05, 0.1) is 17.7 Å². The van der Waals surface area contributed by atoms with Crippen LogP contribution < -0.4 is 0 Å². The molecule has 0 saturated carbocycles. The van der Waals surface area contributed by atoms with E-state index in [1.54, 1.807) is 12.1 Å². The molecule has 0 unspecified atom stereocenters. The summed E-state index contributed by atoms with van der Waals surface area (Å²) in [5.74, 6) is -0.890. The number of rotatable bonds is 5. The van der Waals surface area contributed by atoms with Crippen molar-refractivity contribution in [3.05, 3.63) is 69.7 Å². The van der Waals surface area contributed by atoms with Crippen molar-refractivity contribution < 1.29 is 14.3 Å². The number of carbonyl (C=O) groups excluding carboxylic acids is 2. The van der Waals surface area contributed by atoms with Crippen LogP contribution in [0.15, 0.2) is 48.5 Å². The van der Waals surface area contributed by atoms with Crippen LogP contribution in [0.4, 0.5) is 0 Å². The van der Waals surface area contributed by atoms with Crippen molar-refractivity contribution in [3.63, 3.8) is 0 Å². The summed E-state index contributed by atoms with van der Waals surface area (Å²) in [6.45, 7) is 0.0880. The molecular weight excluding hydrogens is 337 g/mol. The molecule has 0 aliphatic rings. The molecule has 0 bridgehead atoms. The number of amides is 1. The third kappa shape index (κ3) is 4.71. The average Bonchev–Trinajstić information content (AvgIpc) is 2.56. The number of ether oxygens (including phenoxy) is 1. The van der Waals surface area contributed by atoms with Crippen molar-refractivity contribution in [2.45, 2.75) is 6.54 Å². The summed E-state index contributed by atoms with van der Waals surface area (Å²) in [5, 5.41) is 0.679. The Morgan fingerprint density at radius 1 is 1.09 bits per heavy atom. The van der Waals surface area contributed by atoms with Gasteiger partial charge in [0.15, 0.2) is 0 Å². The largest absolute Gasteiger partial charge is 0.468 e. The molecule has 0 aromatic heterocycles. The van der Waals surface area contributed by atoms with Crippen LogP contribution in [0.1, 0.15) is 15.9 Å². The summed E-state index contributed by atoms with van der Waals surface area (Å²) in [4.78, 5) is 25.7. The Morgan fingerprint density at radius 3 is 2.43 bits per heavy atom. The first-order valence-corrected chi connectivity index (χ1v) is 7.62. The van der Waals surface area contributed by atoms with Gasteiger partial charge in [-0.05, 0) is 23.8 Å². The van der Waals surface area contributed by atoms with Gasteiger partial charge in [0.25, 0.3) is 5.91 Å². The fourth-order valence-corrected chi connectivity index (χ4v) is 2.43. The van der Waals surface area contributed by atoms with Gasteiger partial charge >= 0.3 is 5.97 Å². The maximum absolute atomic E-state index is 12.7. The number of methoxy groups -OCH3 is 1. The zero-order valence-corrected chi connectivity index (χ0v) is 14.0. The van der Waals surface area contributed by atoms with E-state index in [0.29, 0.717) is 5.02 Å². The van der Waals surface area contributed by atoms with Crippen molar-refractivity contribution >= 4 is 35.1 Å². The minimum atomic E-state index is -0.507. The Bertz CT molecular complexity index is 704. The van der Waals surface area contributed by atoms with Gasteiger partial charge < -0.3 is 9.64 Å². The zero-order valence-electron chi connectivity index (χ0n) is 12.5. The fraction of sp³-hybridized carbons (Fsp3) is 0.176. The number of hydrogen-bond donors (Lipinski definition) is 0. The molecule has 0 atom stereocenters. The Morgan fingerprint density at radius 2 is 1.78 bits per heavy atom. The summed E-state index contributed by atoms with van der Waals surface area (Å²) in [6.07, 6.45) is 0. The van der Waals surface area contributed by atoms with Crippen LogP contribution in [0.2, 0.25) is 10.0 Å². The topological polar surface area (TPSA) is 46.6 Å². The summed E-state index contributed by atoms with van der Waals surface area (Å²) >= 11 is 12.0. The molecule has 2 aromatic rings. The Balaban J connectivity index is 2.30. The van der Waals surface area contributed by atoms with E-state index in [-0.39, 0.29) is 29.6 Å². The molecule has 0 N–H and O–H groups in total. The van der Waals surface area contributed by atoms with Crippen LogP contribution in [-0.2, 0) is 16.1 Å². The van der Waals surface area contributed by atoms with Gasteiger partial charge in [-0.1, -0.05) is 53.5 Å². The van der Waals surface area contributed by atoms with E-state index in [1.165, 1.54) is 18.1 Å². The molecule has 0 spiro atoms. The second kappa shape index (κ2) is 7.99. The minimum absolute atomic E-state index is 0.174. The number of nitrogens with zero attached hydrogens (tertiary/aromatic N) is 1. The molecule has 0 saturated heterocycles. The van der Waals surface area contributed by atoms with E-state index in [1.807, 2.05) is 30.3 Å². The predicted octanol–water partition coefficient (Wildman–Crippen LogP) is 3.81. The van der Waals surface area contributed by atoms with E-state index >= 15 is 0 Å². The van der Waals surface area contributed by atoms with Gasteiger partial charge in [-0.15, -0.1) is 0 Å². The minimum Gasteiger partial charge on any atom is -0.468 e. The maximum Gasteiger partial charge on any atom is 0.325 e. The molecule has 2 aromatic carbocycles. The van der Waals surface area contributed by atoms with Gasteiger partial charge in [0.2, 0.25) is 0 Å². The van der Waals surface area contributed by atoms with Crippen LogP contribution in [0, 0.1) is 0 Å². The van der Waals surface area contributed by atoms with E-state index in [0.717, 1.165) is 5.56 Å². The van der Waals surface area contributed by atoms with Crippen molar-refractivity contribution in [3.8, 4) is 0 Å². The zero-order chi connectivity index (χ0) is 16.8. The summed E-state index contributed by atoms with van der Waals surface area (Å²) in [7, 11) is 1.28. The second-order valence-electron chi connectivity index (χ2n) is 4.85. The highest BCUT2D eigenvalue weighted by Gasteiger charge is 2.22. The molecule has 0 heterocycles. The van der Waals surface area contributed by atoms with Crippen molar-refractivity contribution in [1.29, 1.82) is 0 Å². The van der Waals surface area contributed by atoms with Crippen molar-refractivity contribution in [2.75, 3.05) is 13.7 Å². The van der Waals surface area contributed by atoms with E-state index in [4.69, 9.17) is 23.2 Å². The highest BCUT2D eigenvalue weighted by Crippen LogP contribution is 2.23. The van der Waals surface area contributed by atoms with Gasteiger partial charge in [-0.25, -0.2) is 0 Å². The third-order valence-corrected chi connectivity index (χ3v) is 3.77. The number of halogens is 2. The highest BCUT2D eigenvalue weighted by atomic mass is 35.5. The lowest BCUT2D eigenvalue weighted by molar-refractivity contribution is -0.141. The Kier molecular flexibility index (Phi) is 6.02. The van der Waals surface area contributed by atoms with Crippen LogP contribution in [0.25, 0.3) is 0 Å². The average molecular weight is 352 g/mol. The fourth-order valence-electron chi connectivity index (χ4n) is 2.06. The summed E-state index contributed by atoms with van der Waals surface area (Å²) in [5.41, 5.74) is 1.14. The number of esters is 1. The smallest absolute Gasteiger partial charge is 0.325 e. The first-order chi connectivity index (χ1) is 11.0. The highest BCUT2D eigenvalue weighted by molar-refractivity contribution is 6.35. The van der Waals surface area contributed by atoms with Gasteiger partial charge in [0.1, 0.15) is 6.54 Å². The number of benzene rings is 2. The maximum atomic E-state index is 12.7. The summed E-state index contributed by atoms with van der Waals surface area (Å²) in [6, 6.07) is 14.0. The number of hydrogen-bond acceptors (Lipinski definition) is 3. The SMILES string of the molecule is COC(=O)CN(Cc1ccccc1)C(=O)c1cc(Cl)ccc1Cl. The third-order valence-electron chi connectivity index (χ3n) is 3.21. The first kappa shape index (κ1) is 17.3. The molecule has 0 radical (unpaired) electrons. The second-order valence-corrected chi connectivity index (χ2v) is 5.69. The van der Waals surface area contributed by atoms with Gasteiger partial charge in [-0.3, -0.25) is 9.59 Å². The Labute approximate surface area is 144 Å². The van der Waals surface area contributed by atoms with Crippen LogP contribution in [0.5, 0.6) is 0 Å². The van der Waals surface area contributed by atoms with Crippen molar-refractivity contribution in [1.82, 2.24) is 4.90 Å². The molecular formula is C17H15Cl2NO3. The molecule has 120 valence electrons. The van der Waals surface area contributed by atoms with Gasteiger partial charge in [-0.2, -0.15) is 0 Å². The molecule has 0 aliphatic carbocycles. The van der Waals surface area contributed by atoms with Crippen LogP contribution >= 0.6 is 23.2 Å². The van der Waals surface area contributed by atoms with Crippen LogP contribution in [-0.4, -0.2) is 30.4 Å². The lowest BCUT2D eigenvalue weighted by Crippen LogP contribution is -2.36. The Hall–Kier alpha value is -2.04. The summed E-state index contributed by atoms with van der Waals surface area (Å²) < 4.78 is 4.67. The lowest BCUT2D eigenvalue weighted by Gasteiger charge is -2.22. The molecule has 1 amide bonds. The molecule has 2 rings (SSSR count). The van der Waals surface area contributed by atoms with Crippen LogP contribution in [0.3, 0.4) is 0 Å². The van der Waals surface area contributed by atoms with Crippen molar-refractivity contribution in [2.24, 2.45) is 0 Å². The molecule has 6 heteroatoms. The van der Waals surface area contributed by atoms with E-state index < -0.39 is 5.97 Å². The number of carbonyl (C=O) groups is 2. The molecule has 23 heavy (non-hydrogen) atoms.